The van der Waals surface area contributed by atoms with Crippen molar-refractivity contribution in [2.24, 2.45) is 17.6 Å². The number of rotatable bonds is 14. The molecule has 0 radical (unpaired) electrons. The first-order chi connectivity index (χ1) is 19.7. The molecule has 0 saturated carbocycles. The van der Waals surface area contributed by atoms with E-state index in [1.807, 2.05) is 44.2 Å². The van der Waals surface area contributed by atoms with Gasteiger partial charge in [0.25, 0.3) is 0 Å². The Balaban J connectivity index is 1.49. The Morgan fingerprint density at radius 2 is 1.85 bits per heavy atom. The summed E-state index contributed by atoms with van der Waals surface area (Å²) >= 11 is 0. The predicted octanol–water partition coefficient (Wildman–Crippen LogP) is 3.11. The molecule has 226 valence electrons. The van der Waals surface area contributed by atoms with Crippen molar-refractivity contribution >= 4 is 16.1 Å². The normalized spacial score (nSPS) is 22.0. The Labute approximate surface area is 241 Å². The third-order valence-corrected chi connectivity index (χ3v) is 9.00. The zero-order valence-corrected chi connectivity index (χ0v) is 24.3. The highest BCUT2D eigenvalue weighted by Gasteiger charge is 2.44. The van der Waals surface area contributed by atoms with Gasteiger partial charge in [0, 0.05) is 19.1 Å². The average Bonchev–Trinajstić information content (AvgIpc) is 3.57. The van der Waals surface area contributed by atoms with Crippen molar-refractivity contribution in [1.29, 1.82) is 0 Å². The smallest absolute Gasteiger partial charge is 0.407 e. The van der Waals surface area contributed by atoms with Gasteiger partial charge in [0.05, 0.1) is 30.1 Å². The van der Waals surface area contributed by atoms with Crippen LogP contribution in [0.25, 0.3) is 0 Å². The molecule has 2 saturated heterocycles. The molecule has 0 spiro atoms. The molecule has 4 rings (SSSR count). The largest absolute Gasteiger partial charge is 0.491 e. The maximum Gasteiger partial charge on any atom is 0.407 e. The van der Waals surface area contributed by atoms with Crippen LogP contribution in [0.15, 0.2) is 59.5 Å². The van der Waals surface area contributed by atoms with E-state index in [0.29, 0.717) is 18.8 Å². The molecule has 10 nitrogen and oxygen atoms in total. The van der Waals surface area contributed by atoms with E-state index in [2.05, 4.69) is 5.32 Å². The van der Waals surface area contributed by atoms with E-state index in [4.69, 9.17) is 24.7 Å². The third-order valence-electron chi connectivity index (χ3n) is 7.15. The molecule has 2 heterocycles. The lowest BCUT2D eigenvalue weighted by atomic mass is 9.99. The quantitative estimate of drug-likeness (QED) is 0.342. The fourth-order valence-corrected chi connectivity index (χ4v) is 6.74. The number of hydrogen-bond acceptors (Lipinski definition) is 8. The van der Waals surface area contributed by atoms with Crippen LogP contribution < -0.4 is 15.8 Å². The van der Waals surface area contributed by atoms with Crippen LogP contribution >= 0.6 is 0 Å². The van der Waals surface area contributed by atoms with E-state index in [0.717, 1.165) is 12.0 Å². The number of amides is 1. The summed E-state index contributed by atoms with van der Waals surface area (Å²) < 4.78 is 63.2. The molecule has 2 fully saturated rings. The summed E-state index contributed by atoms with van der Waals surface area (Å²) in [5, 5.41) is 2.90. The lowest BCUT2D eigenvalue weighted by Crippen LogP contribution is -2.55. The first-order valence-electron chi connectivity index (χ1n) is 14.0. The van der Waals surface area contributed by atoms with Crippen molar-refractivity contribution < 1.29 is 36.6 Å². The van der Waals surface area contributed by atoms with Gasteiger partial charge in [-0.15, -0.1) is 0 Å². The molecular weight excluding hydrogens is 553 g/mol. The summed E-state index contributed by atoms with van der Waals surface area (Å²) in [6, 6.07) is 14.0. The van der Waals surface area contributed by atoms with Crippen LogP contribution in [0.3, 0.4) is 0 Å². The highest BCUT2D eigenvalue weighted by Crippen LogP contribution is 2.33. The van der Waals surface area contributed by atoms with Crippen LogP contribution in [0.5, 0.6) is 5.75 Å². The van der Waals surface area contributed by atoms with Crippen LogP contribution in [0.4, 0.5) is 9.18 Å². The van der Waals surface area contributed by atoms with Gasteiger partial charge >= 0.3 is 6.09 Å². The summed E-state index contributed by atoms with van der Waals surface area (Å²) in [4.78, 5) is 13.1. The molecule has 3 N–H and O–H groups in total. The summed E-state index contributed by atoms with van der Waals surface area (Å²) in [6.07, 6.45) is -0.283. The molecule has 1 amide bonds. The van der Waals surface area contributed by atoms with E-state index < -0.39 is 41.0 Å². The number of carbonyl (C=O) groups is 1. The SMILES string of the molecule is CC(C)CN(C[C@@H](N)[C@H](Cc1ccccc1)NC(=O)O[C@H]1CO[C@H]2OCC[C@H]21)S(=O)(=O)c1ccc(OCCF)cc1. The molecule has 0 aliphatic carbocycles. The van der Waals surface area contributed by atoms with Crippen LogP contribution in [0.2, 0.25) is 0 Å². The first kappa shape index (κ1) is 31.2. The first-order valence-corrected chi connectivity index (χ1v) is 15.4. The van der Waals surface area contributed by atoms with Gasteiger partial charge in [-0.05, 0) is 48.6 Å². The van der Waals surface area contributed by atoms with Gasteiger partial charge in [-0.3, -0.25) is 0 Å². The zero-order valence-electron chi connectivity index (χ0n) is 23.5. The van der Waals surface area contributed by atoms with Crippen molar-refractivity contribution in [2.75, 3.05) is 39.6 Å². The second-order valence-corrected chi connectivity index (χ2v) is 12.7. The van der Waals surface area contributed by atoms with Crippen LogP contribution in [0, 0.1) is 11.8 Å². The minimum Gasteiger partial charge on any atom is -0.491 e. The van der Waals surface area contributed by atoms with Gasteiger partial charge in [-0.25, -0.2) is 17.6 Å². The van der Waals surface area contributed by atoms with Crippen LogP contribution in [-0.4, -0.2) is 82.9 Å². The number of nitrogens with two attached hydrogens (primary N) is 1. The zero-order chi connectivity index (χ0) is 29.4. The lowest BCUT2D eigenvalue weighted by molar-refractivity contribution is -0.0907. The second-order valence-electron chi connectivity index (χ2n) is 10.8. The Hall–Kier alpha value is -2.77. The van der Waals surface area contributed by atoms with Crippen molar-refractivity contribution in [2.45, 2.75) is 56.1 Å². The van der Waals surface area contributed by atoms with Gasteiger partial charge < -0.3 is 30.0 Å². The number of alkyl carbamates (subject to hydrolysis) is 1. The topological polar surface area (TPSA) is 129 Å². The number of sulfonamides is 1. The van der Waals surface area contributed by atoms with Gasteiger partial charge in [-0.2, -0.15) is 4.31 Å². The standard InChI is InChI=1S/C29H40FN3O7S/c1-20(2)17-33(41(35,36)23-10-8-22(9-11-23)37-15-13-30)18-25(31)26(16-21-6-4-3-5-7-21)32-29(34)40-27-19-39-28-24(27)12-14-38-28/h3-11,20,24-28H,12-19,31H2,1-2H3,(H,32,34)/t24-,25+,26-,27-,28+/m0/s1. The molecule has 2 aliphatic heterocycles. The Morgan fingerprint density at radius 1 is 1.12 bits per heavy atom. The lowest BCUT2D eigenvalue weighted by Gasteiger charge is -2.31. The number of nitrogens with one attached hydrogen (secondary N) is 1. The van der Waals surface area contributed by atoms with Gasteiger partial charge in [0.1, 0.15) is 25.1 Å². The molecule has 2 aromatic carbocycles. The number of benzene rings is 2. The van der Waals surface area contributed by atoms with E-state index >= 15 is 0 Å². The van der Waals surface area contributed by atoms with Crippen molar-refractivity contribution in [3.8, 4) is 5.75 Å². The molecule has 12 heteroatoms. The second kappa shape index (κ2) is 14.4. The number of hydrogen-bond donors (Lipinski definition) is 2. The van der Waals surface area contributed by atoms with E-state index in [-0.39, 0.29) is 49.3 Å². The molecule has 0 aromatic heterocycles. The summed E-state index contributed by atoms with van der Waals surface area (Å²) in [6.45, 7) is 4.09. The number of alkyl halides is 1. The Bertz CT molecular complexity index is 1220. The minimum absolute atomic E-state index is 0.0116. The average molecular weight is 594 g/mol. The highest BCUT2D eigenvalue weighted by atomic mass is 32.2. The summed E-state index contributed by atoms with van der Waals surface area (Å²) in [5.41, 5.74) is 7.60. The van der Waals surface area contributed by atoms with Gasteiger partial charge in [-0.1, -0.05) is 44.2 Å². The number of ether oxygens (including phenoxy) is 4. The summed E-state index contributed by atoms with van der Waals surface area (Å²) in [7, 11) is -3.94. The minimum atomic E-state index is -3.94. The fraction of sp³-hybridized carbons (Fsp3) is 0.552. The molecule has 2 aromatic rings. The Kier molecular flexibility index (Phi) is 11.0. The van der Waals surface area contributed by atoms with E-state index in [9.17, 15) is 17.6 Å². The maximum atomic E-state index is 13.7. The molecule has 41 heavy (non-hydrogen) atoms. The number of nitrogens with zero attached hydrogens (tertiary/aromatic N) is 1. The highest BCUT2D eigenvalue weighted by molar-refractivity contribution is 7.89. The number of fused-ring (bicyclic) bond motifs is 1. The van der Waals surface area contributed by atoms with Crippen LogP contribution in [0.1, 0.15) is 25.8 Å². The molecule has 2 aliphatic rings. The summed E-state index contributed by atoms with van der Waals surface area (Å²) in [5.74, 6) is 0.378. The fourth-order valence-electron chi connectivity index (χ4n) is 5.10. The number of halogens is 1. The van der Waals surface area contributed by atoms with Crippen LogP contribution in [-0.2, 0) is 30.7 Å². The number of carbonyl (C=O) groups excluding carboxylic acids is 1. The molecular formula is C29H40FN3O7S. The van der Waals surface area contributed by atoms with Gasteiger partial charge in [0.15, 0.2) is 6.29 Å². The molecule has 0 unspecified atom stereocenters. The maximum absolute atomic E-state index is 13.7. The monoisotopic (exact) mass is 593 g/mol. The molecule has 5 atom stereocenters. The van der Waals surface area contributed by atoms with Crippen molar-refractivity contribution in [1.82, 2.24) is 9.62 Å². The van der Waals surface area contributed by atoms with Crippen molar-refractivity contribution in [3.63, 3.8) is 0 Å². The van der Waals surface area contributed by atoms with E-state index in [1.54, 1.807) is 0 Å². The van der Waals surface area contributed by atoms with Gasteiger partial charge in [0.2, 0.25) is 10.0 Å². The van der Waals surface area contributed by atoms with Crippen molar-refractivity contribution in [3.05, 3.63) is 60.2 Å². The molecule has 0 bridgehead atoms. The Morgan fingerprint density at radius 3 is 2.54 bits per heavy atom. The predicted molar refractivity (Wildman–Crippen MR) is 151 cm³/mol. The van der Waals surface area contributed by atoms with E-state index in [1.165, 1.54) is 28.6 Å². The third kappa shape index (κ3) is 8.39.